The smallest absolute Gasteiger partial charge is 0.261 e. The van der Waals surface area contributed by atoms with Crippen LogP contribution in [-0.4, -0.2) is 35.9 Å². The van der Waals surface area contributed by atoms with Crippen LogP contribution in [0.3, 0.4) is 0 Å². The first-order valence-electron chi connectivity index (χ1n) is 11.1. The molecule has 180 valence electrons. The quantitative estimate of drug-likeness (QED) is 0.317. The molecule has 0 spiro atoms. The number of unbranched alkanes of at least 4 members (excludes halogenated alkanes) is 1. The monoisotopic (exact) mass is 556 g/mol. The fraction of sp³-hybridized carbons (Fsp3) is 0.440. The Balaban J connectivity index is 2.18. The van der Waals surface area contributed by atoms with Crippen LogP contribution in [0.2, 0.25) is 10.0 Å². The van der Waals surface area contributed by atoms with Crippen LogP contribution in [0.1, 0.15) is 57.6 Å². The lowest BCUT2D eigenvalue weighted by Gasteiger charge is -2.29. The molecule has 0 saturated heterocycles. The minimum absolute atomic E-state index is 0.161. The number of halogens is 3. The van der Waals surface area contributed by atoms with Gasteiger partial charge in [-0.2, -0.15) is 0 Å². The summed E-state index contributed by atoms with van der Waals surface area (Å²) in [5.41, 5.74) is 1.86. The summed E-state index contributed by atoms with van der Waals surface area (Å²) in [6.45, 7) is 8.49. The van der Waals surface area contributed by atoms with Crippen molar-refractivity contribution >= 4 is 50.9 Å². The topological polar surface area (TPSA) is 58.6 Å². The maximum absolute atomic E-state index is 13.2. The maximum atomic E-state index is 13.2. The van der Waals surface area contributed by atoms with Gasteiger partial charge < -0.3 is 15.0 Å². The van der Waals surface area contributed by atoms with Crippen molar-refractivity contribution < 1.29 is 14.3 Å². The first kappa shape index (κ1) is 27.5. The van der Waals surface area contributed by atoms with E-state index in [1.165, 1.54) is 4.90 Å². The molecule has 1 atom stereocenters. The number of nitrogens with one attached hydrogen (secondary N) is 1. The van der Waals surface area contributed by atoms with E-state index < -0.39 is 6.04 Å². The van der Waals surface area contributed by atoms with E-state index in [0.29, 0.717) is 33.8 Å². The highest BCUT2D eigenvalue weighted by molar-refractivity contribution is 9.10. The molecule has 0 saturated carbocycles. The van der Waals surface area contributed by atoms with Crippen molar-refractivity contribution in [2.24, 2.45) is 0 Å². The van der Waals surface area contributed by atoms with E-state index in [-0.39, 0.29) is 25.0 Å². The summed E-state index contributed by atoms with van der Waals surface area (Å²) in [5, 5.41) is 3.83. The average Bonchev–Trinajstić information content (AvgIpc) is 2.77. The predicted molar refractivity (Wildman–Crippen MR) is 138 cm³/mol. The third kappa shape index (κ3) is 8.20. The van der Waals surface area contributed by atoms with Crippen molar-refractivity contribution in [3.8, 4) is 5.75 Å². The first-order chi connectivity index (χ1) is 15.6. The van der Waals surface area contributed by atoms with Crippen LogP contribution in [-0.2, 0) is 16.1 Å². The Morgan fingerprint density at radius 3 is 2.45 bits per heavy atom. The van der Waals surface area contributed by atoms with Crippen LogP contribution in [0.15, 0.2) is 40.9 Å². The minimum Gasteiger partial charge on any atom is -0.483 e. The molecule has 33 heavy (non-hydrogen) atoms. The molecule has 2 aromatic carbocycles. The molecule has 0 aliphatic rings. The molecule has 1 N–H and O–H groups in total. The number of benzene rings is 2. The van der Waals surface area contributed by atoms with Gasteiger partial charge in [0.25, 0.3) is 5.91 Å². The van der Waals surface area contributed by atoms with Gasteiger partial charge in [0, 0.05) is 23.1 Å². The molecule has 2 rings (SSSR count). The molecule has 0 radical (unpaired) electrons. The van der Waals surface area contributed by atoms with Gasteiger partial charge in [0.05, 0.1) is 4.47 Å². The highest BCUT2D eigenvalue weighted by atomic mass is 79.9. The van der Waals surface area contributed by atoms with Crippen molar-refractivity contribution in [2.75, 3.05) is 13.2 Å². The van der Waals surface area contributed by atoms with Crippen LogP contribution in [0.4, 0.5) is 0 Å². The molecule has 0 aromatic heterocycles. The van der Waals surface area contributed by atoms with Crippen molar-refractivity contribution in [3.05, 3.63) is 62.0 Å². The molecular weight excluding hydrogens is 527 g/mol. The zero-order valence-electron chi connectivity index (χ0n) is 19.5. The second-order valence-electron chi connectivity index (χ2n) is 8.21. The molecule has 2 amide bonds. The Kier molecular flexibility index (Phi) is 11.0. The highest BCUT2D eigenvalue weighted by Crippen LogP contribution is 2.29. The third-order valence-electron chi connectivity index (χ3n) is 5.33. The van der Waals surface area contributed by atoms with Crippen molar-refractivity contribution in [3.63, 3.8) is 0 Å². The molecule has 5 nitrogen and oxygen atoms in total. The van der Waals surface area contributed by atoms with E-state index in [4.69, 9.17) is 27.9 Å². The van der Waals surface area contributed by atoms with Gasteiger partial charge in [0.15, 0.2) is 6.61 Å². The van der Waals surface area contributed by atoms with Gasteiger partial charge in [-0.25, -0.2) is 0 Å². The van der Waals surface area contributed by atoms with Crippen molar-refractivity contribution in [1.29, 1.82) is 0 Å². The number of ether oxygens (including phenoxy) is 1. The van der Waals surface area contributed by atoms with Gasteiger partial charge in [0.1, 0.15) is 11.8 Å². The normalized spacial score (nSPS) is 11.9. The fourth-order valence-electron chi connectivity index (χ4n) is 3.17. The van der Waals surface area contributed by atoms with Gasteiger partial charge in [-0.15, -0.1) is 0 Å². The van der Waals surface area contributed by atoms with E-state index in [1.54, 1.807) is 25.1 Å². The molecule has 2 aromatic rings. The summed E-state index contributed by atoms with van der Waals surface area (Å²) < 4.78 is 6.58. The lowest BCUT2D eigenvalue weighted by molar-refractivity contribution is -0.142. The van der Waals surface area contributed by atoms with E-state index >= 15 is 0 Å². The van der Waals surface area contributed by atoms with Gasteiger partial charge in [0.2, 0.25) is 5.91 Å². The lowest BCUT2D eigenvalue weighted by atomic mass is 10.0. The zero-order chi connectivity index (χ0) is 24.5. The van der Waals surface area contributed by atoms with Crippen LogP contribution in [0.5, 0.6) is 5.75 Å². The SMILES string of the molecule is CCCCNC(=O)[C@@H](C)N(Cc1ccc(Cl)cc1Cl)C(=O)COc1ccc(C(C)C)cc1Br. The van der Waals surface area contributed by atoms with Gasteiger partial charge >= 0.3 is 0 Å². The summed E-state index contributed by atoms with van der Waals surface area (Å²) in [6.07, 6.45) is 1.84. The number of hydrogen-bond donors (Lipinski definition) is 1. The van der Waals surface area contributed by atoms with Gasteiger partial charge in [-0.1, -0.05) is 62.5 Å². The largest absolute Gasteiger partial charge is 0.483 e. The molecule has 0 aliphatic carbocycles. The molecule has 0 fully saturated rings. The number of nitrogens with zero attached hydrogens (tertiary/aromatic N) is 1. The van der Waals surface area contributed by atoms with Crippen molar-refractivity contribution in [2.45, 2.75) is 59.0 Å². The van der Waals surface area contributed by atoms with E-state index in [1.807, 2.05) is 18.2 Å². The zero-order valence-corrected chi connectivity index (χ0v) is 22.6. The van der Waals surface area contributed by atoms with Gasteiger partial charge in [-0.3, -0.25) is 9.59 Å². The van der Waals surface area contributed by atoms with Crippen LogP contribution < -0.4 is 10.1 Å². The second-order valence-corrected chi connectivity index (χ2v) is 9.91. The molecule has 0 aliphatic heterocycles. The summed E-state index contributed by atoms with van der Waals surface area (Å²) in [6, 6.07) is 10.2. The number of carbonyl (C=O) groups excluding carboxylic acids is 2. The Bertz CT molecular complexity index is 969. The van der Waals surface area contributed by atoms with Crippen molar-refractivity contribution in [1.82, 2.24) is 10.2 Å². The molecule has 8 heteroatoms. The Morgan fingerprint density at radius 2 is 1.85 bits per heavy atom. The fourth-order valence-corrected chi connectivity index (χ4v) is 4.15. The molecule has 0 unspecified atom stereocenters. The highest BCUT2D eigenvalue weighted by Gasteiger charge is 2.27. The van der Waals surface area contributed by atoms with Crippen LogP contribution >= 0.6 is 39.1 Å². The first-order valence-corrected chi connectivity index (χ1v) is 12.6. The average molecular weight is 558 g/mol. The summed E-state index contributed by atoms with van der Waals surface area (Å²) in [5.74, 6) is 0.407. The minimum atomic E-state index is -0.698. The Morgan fingerprint density at radius 1 is 1.12 bits per heavy atom. The summed E-state index contributed by atoms with van der Waals surface area (Å²) in [4.78, 5) is 27.4. The number of carbonyl (C=O) groups is 2. The maximum Gasteiger partial charge on any atom is 0.261 e. The van der Waals surface area contributed by atoms with E-state index in [0.717, 1.165) is 22.9 Å². The number of amides is 2. The molecular formula is C25H31BrCl2N2O3. The summed E-state index contributed by atoms with van der Waals surface area (Å²) in [7, 11) is 0. The number of hydrogen-bond acceptors (Lipinski definition) is 3. The molecule has 0 bridgehead atoms. The van der Waals surface area contributed by atoms with E-state index in [2.05, 4.69) is 42.0 Å². The predicted octanol–water partition coefficient (Wildman–Crippen LogP) is 6.59. The number of rotatable bonds is 11. The van der Waals surface area contributed by atoms with Gasteiger partial charge in [-0.05, 0) is 70.6 Å². The molecule has 0 heterocycles. The van der Waals surface area contributed by atoms with Crippen LogP contribution in [0, 0.1) is 0 Å². The lowest BCUT2D eigenvalue weighted by Crippen LogP contribution is -2.49. The Labute approximate surface area is 214 Å². The van der Waals surface area contributed by atoms with Crippen LogP contribution in [0.25, 0.3) is 0 Å². The van der Waals surface area contributed by atoms with E-state index in [9.17, 15) is 9.59 Å². The third-order valence-corrected chi connectivity index (χ3v) is 6.53. The summed E-state index contributed by atoms with van der Waals surface area (Å²) >= 11 is 15.9. The Hall–Kier alpha value is -1.76. The standard InChI is InChI=1S/C25H31BrCl2N2O3/c1-5-6-11-29-25(32)17(4)30(14-19-7-9-20(27)13-22(19)28)24(31)15-33-23-10-8-18(16(2)3)12-21(23)26/h7-10,12-13,16-17H,5-6,11,14-15H2,1-4H3,(H,29,32)/t17-/m1/s1. The second kappa shape index (κ2) is 13.2.